The van der Waals surface area contributed by atoms with Crippen LogP contribution in [0.4, 0.5) is 16.2 Å². The number of non-ortho nitro benzene ring substituents is 2. The number of unbranched alkanes of at least 4 members (excludes halogenated alkanes) is 2. The lowest BCUT2D eigenvalue weighted by Crippen LogP contribution is -2.70. The summed E-state index contributed by atoms with van der Waals surface area (Å²) in [6, 6.07) is 16.6. The van der Waals surface area contributed by atoms with E-state index in [1.165, 1.54) is 24.3 Å². The molecule has 0 unspecified atom stereocenters. The van der Waals surface area contributed by atoms with Gasteiger partial charge in [0.25, 0.3) is 11.4 Å². The Morgan fingerprint density at radius 1 is 1.00 bits per heavy atom. The van der Waals surface area contributed by atoms with Crippen LogP contribution in [0.25, 0.3) is 0 Å². The number of carbonyl (C=O) groups excluding carboxylic acids is 1. The van der Waals surface area contributed by atoms with E-state index in [1.54, 1.807) is 47.4 Å². The van der Waals surface area contributed by atoms with Crippen LogP contribution >= 0.6 is 11.6 Å². The summed E-state index contributed by atoms with van der Waals surface area (Å²) in [6.07, 6.45) is 7.98. The average Bonchev–Trinajstić information content (AvgIpc) is 3.28. The number of hydrogen-bond donors (Lipinski definition) is 2. The molecular weight excluding hydrogens is 836 g/mol. The molecule has 6 rings (SSSR count). The highest BCUT2D eigenvalue weighted by Gasteiger charge is 2.65. The first-order valence-electron chi connectivity index (χ1n) is 21.4. The van der Waals surface area contributed by atoms with Crippen molar-refractivity contribution in [3.05, 3.63) is 122 Å². The quantitative estimate of drug-likeness (QED) is 0.0301. The Labute approximate surface area is 371 Å². The van der Waals surface area contributed by atoms with E-state index in [2.05, 4.69) is 12.7 Å². The first-order chi connectivity index (χ1) is 30.6. The first kappa shape index (κ1) is 46.9. The molecule has 3 aliphatic rings. The Balaban J connectivity index is 1.56. The number of alkyl halides is 1. The fraction of sp³-hybridized carbons (Fsp3) is 0.478. The van der Waals surface area contributed by atoms with Crippen molar-refractivity contribution in [3.8, 4) is 17.2 Å². The number of aliphatic hydroxyl groups is 2. The van der Waals surface area contributed by atoms with Gasteiger partial charge in [-0.3, -0.25) is 25.1 Å². The molecule has 338 valence electrons. The summed E-state index contributed by atoms with van der Waals surface area (Å²) in [5, 5.41) is 47.6. The number of carbonyl (C=O) groups is 1. The molecule has 1 aliphatic heterocycles. The predicted octanol–water partition coefficient (Wildman–Crippen LogP) is 9.22. The van der Waals surface area contributed by atoms with Gasteiger partial charge in [0.2, 0.25) is 5.79 Å². The Hall–Kier alpha value is -5.55. The maximum atomic E-state index is 14.2. The van der Waals surface area contributed by atoms with Crippen LogP contribution in [0.2, 0.25) is 0 Å². The molecule has 1 saturated carbocycles. The number of ether oxygens (including phenoxy) is 4. The van der Waals surface area contributed by atoms with Gasteiger partial charge in [-0.05, 0) is 91.5 Å². The zero-order valence-corrected chi connectivity index (χ0v) is 36.1. The lowest BCUT2D eigenvalue weighted by atomic mass is 9.55. The maximum absolute atomic E-state index is 14.2. The van der Waals surface area contributed by atoms with Crippen molar-refractivity contribution < 1.29 is 48.6 Å². The number of rotatable bonds is 23. The molecule has 16 nitrogen and oxygen atoms in total. The average molecular weight is 891 g/mol. The van der Waals surface area contributed by atoms with Crippen LogP contribution in [0.3, 0.4) is 0 Å². The Morgan fingerprint density at radius 2 is 1.73 bits per heavy atom. The number of halogens is 1. The fourth-order valence-corrected chi connectivity index (χ4v) is 9.31. The summed E-state index contributed by atoms with van der Waals surface area (Å²) in [6.45, 7) is 6.29. The molecule has 0 bridgehead atoms. The molecule has 0 saturated heterocycles. The van der Waals surface area contributed by atoms with Crippen LogP contribution in [-0.4, -0.2) is 87.4 Å². The number of nitro groups is 2. The predicted molar refractivity (Wildman–Crippen MR) is 235 cm³/mol. The summed E-state index contributed by atoms with van der Waals surface area (Å²) in [5.74, 6) is -1.35. The zero-order chi connectivity index (χ0) is 44.9. The van der Waals surface area contributed by atoms with Gasteiger partial charge >= 0.3 is 6.09 Å². The monoisotopic (exact) mass is 890 g/mol. The fourth-order valence-electron chi connectivity index (χ4n) is 9.23. The standard InChI is InChI=1S/C46H55ClN4O12/c1-3-21-49(45(54)59-25-20-47)42-29-40(48-61-30-31-14-16-33(17-15-31)50(55)56)38-26-32(10-5-7-22-52)37(13-6-8-23-53)43-39-28-36(62-35-12-9-11-34(27-35)51(57)58)18-19-41(39)63-46(42,44(38)43)60-24-4-2/h4,9,11-12,14-19,26-28,32,37,42-44,52-53H,2-3,5-8,10,13,20-25,29-30H2,1H3/t32-,37+,42-,43+,44+,46+/m0/s1. The van der Waals surface area contributed by atoms with E-state index in [0.717, 1.165) is 24.0 Å². The largest absolute Gasteiger partial charge is 0.459 e. The Morgan fingerprint density at radius 3 is 2.41 bits per heavy atom. The molecule has 3 aromatic rings. The van der Waals surface area contributed by atoms with Gasteiger partial charge in [0.15, 0.2) is 0 Å². The Bertz CT molecular complexity index is 2130. The van der Waals surface area contributed by atoms with Crippen molar-refractivity contribution in [2.45, 2.75) is 82.6 Å². The zero-order valence-electron chi connectivity index (χ0n) is 35.3. The van der Waals surface area contributed by atoms with Crippen molar-refractivity contribution in [1.29, 1.82) is 0 Å². The molecular formula is C46H55ClN4O12. The van der Waals surface area contributed by atoms with Gasteiger partial charge in [-0.1, -0.05) is 43.1 Å². The summed E-state index contributed by atoms with van der Waals surface area (Å²) in [4.78, 5) is 43.9. The third-order valence-electron chi connectivity index (χ3n) is 11.8. The van der Waals surface area contributed by atoms with E-state index in [-0.39, 0.29) is 86.8 Å². The van der Waals surface area contributed by atoms with Crippen LogP contribution in [-0.2, 0) is 20.9 Å². The minimum absolute atomic E-state index is 0.00345. The van der Waals surface area contributed by atoms with E-state index in [9.17, 15) is 35.2 Å². The summed E-state index contributed by atoms with van der Waals surface area (Å²) in [5.41, 5.74) is 2.64. The van der Waals surface area contributed by atoms with Crippen LogP contribution in [0.15, 0.2) is 96.2 Å². The minimum atomic E-state index is -1.53. The highest BCUT2D eigenvalue weighted by atomic mass is 35.5. The molecule has 6 atom stereocenters. The van der Waals surface area contributed by atoms with Gasteiger partial charge in [-0.15, -0.1) is 18.2 Å². The number of amides is 1. The van der Waals surface area contributed by atoms with Gasteiger partial charge < -0.3 is 34.0 Å². The van der Waals surface area contributed by atoms with E-state index in [4.69, 9.17) is 40.5 Å². The molecule has 0 radical (unpaired) electrons. The lowest BCUT2D eigenvalue weighted by Gasteiger charge is -2.59. The molecule has 1 amide bonds. The van der Waals surface area contributed by atoms with Crippen molar-refractivity contribution in [2.24, 2.45) is 22.9 Å². The number of aliphatic hydroxyl groups excluding tert-OH is 2. The minimum Gasteiger partial charge on any atom is -0.459 e. The SMILES string of the molecule is C=CCO[C@@]12Oc3ccc(Oc4cccc([N+](=O)[O-])c4)cc3[C@H]3[C@H](CCCCO)[C@@H](CCCCO)C=C(C(=NOCc4ccc([N+](=O)[O-])cc4)C[C@@H]1N(CCC)C(=O)OCCCl)[C@H]32. The second kappa shape index (κ2) is 22.2. The van der Waals surface area contributed by atoms with Crippen LogP contribution in [0, 0.1) is 38.0 Å². The molecule has 1 heterocycles. The summed E-state index contributed by atoms with van der Waals surface area (Å²) in [7, 11) is 0. The highest BCUT2D eigenvalue weighted by Crippen LogP contribution is 2.62. The van der Waals surface area contributed by atoms with E-state index >= 15 is 0 Å². The van der Waals surface area contributed by atoms with Gasteiger partial charge in [0.05, 0.1) is 40.0 Å². The van der Waals surface area contributed by atoms with Crippen LogP contribution in [0.5, 0.6) is 17.2 Å². The second-order valence-corrected chi connectivity index (χ2v) is 16.2. The smallest absolute Gasteiger partial charge is 0.410 e. The number of benzene rings is 3. The van der Waals surface area contributed by atoms with Crippen molar-refractivity contribution in [3.63, 3.8) is 0 Å². The molecule has 17 heteroatoms. The van der Waals surface area contributed by atoms with Gasteiger partial charge in [-0.25, -0.2) is 4.79 Å². The number of hydrogen-bond acceptors (Lipinski definition) is 13. The number of fused-ring (bicyclic) bond motifs is 2. The van der Waals surface area contributed by atoms with Gasteiger partial charge in [0, 0.05) is 55.9 Å². The first-order valence-corrected chi connectivity index (χ1v) is 22.0. The number of nitro benzene ring substituents is 2. The molecule has 3 aromatic carbocycles. The van der Waals surface area contributed by atoms with E-state index in [1.807, 2.05) is 13.0 Å². The molecule has 2 aliphatic carbocycles. The van der Waals surface area contributed by atoms with Crippen molar-refractivity contribution >= 4 is 34.8 Å². The Kier molecular flexibility index (Phi) is 16.5. The topological polar surface area (TPSA) is 206 Å². The van der Waals surface area contributed by atoms with E-state index < -0.39 is 33.7 Å². The number of nitrogens with zero attached hydrogens (tertiary/aromatic N) is 4. The summed E-state index contributed by atoms with van der Waals surface area (Å²) < 4.78 is 26.2. The third-order valence-corrected chi connectivity index (χ3v) is 12.0. The van der Waals surface area contributed by atoms with E-state index in [0.29, 0.717) is 54.9 Å². The van der Waals surface area contributed by atoms with Gasteiger partial charge in [0.1, 0.15) is 36.5 Å². The molecule has 0 aromatic heterocycles. The van der Waals surface area contributed by atoms with Crippen molar-refractivity contribution in [2.75, 3.05) is 38.9 Å². The molecule has 63 heavy (non-hydrogen) atoms. The van der Waals surface area contributed by atoms with Crippen molar-refractivity contribution in [1.82, 2.24) is 4.90 Å². The molecule has 0 spiro atoms. The highest BCUT2D eigenvalue weighted by molar-refractivity contribution is 6.18. The molecule has 2 N–H and O–H groups in total. The molecule has 1 fully saturated rings. The van der Waals surface area contributed by atoms with Gasteiger partial charge in [-0.2, -0.15) is 0 Å². The third kappa shape index (κ3) is 10.8. The number of oxime groups is 1. The van der Waals surface area contributed by atoms with Crippen LogP contribution < -0.4 is 9.47 Å². The number of allylic oxidation sites excluding steroid dienone is 1. The summed E-state index contributed by atoms with van der Waals surface area (Å²) >= 11 is 6.01. The second-order valence-electron chi connectivity index (χ2n) is 15.8. The lowest BCUT2D eigenvalue weighted by molar-refractivity contribution is -0.385. The van der Waals surface area contributed by atoms with Crippen LogP contribution in [0.1, 0.15) is 75.3 Å². The maximum Gasteiger partial charge on any atom is 0.410 e. The normalized spacial score (nSPS) is 22.8.